The minimum absolute atomic E-state index is 0.202. The molecule has 0 heterocycles. The molecule has 1 rings (SSSR count). The van der Waals surface area contributed by atoms with Crippen molar-refractivity contribution in [2.24, 2.45) is 5.84 Å². The number of benzene rings is 1. The van der Waals surface area contributed by atoms with Crippen LogP contribution in [0.15, 0.2) is 12.1 Å². The summed E-state index contributed by atoms with van der Waals surface area (Å²) in [6.45, 7) is 1.70. The fourth-order valence-corrected chi connectivity index (χ4v) is 1.33. The molecule has 0 aromatic heterocycles. The van der Waals surface area contributed by atoms with Crippen LogP contribution in [0, 0.1) is 6.92 Å². The second-order valence-corrected chi connectivity index (χ2v) is 3.35. The van der Waals surface area contributed by atoms with Gasteiger partial charge in [-0.2, -0.15) is 0 Å². The Balaban J connectivity index is 2.98. The van der Waals surface area contributed by atoms with Crippen LogP contribution in [0.4, 0.5) is 0 Å². The second kappa shape index (κ2) is 5.95. The molecule has 17 heavy (non-hydrogen) atoms. The number of aryl methyl sites for hydroxylation is 1. The maximum Gasteiger partial charge on any atom is 0.271 e. The standard InChI is InChI=1S/C11H16N2O4/c1-7-4-8(15-2)11(9(5-7)16-3)17-6-10(14)13-12/h4-5H,6,12H2,1-3H3,(H,13,14). The summed E-state index contributed by atoms with van der Waals surface area (Å²) < 4.78 is 15.6. The van der Waals surface area contributed by atoms with Gasteiger partial charge in [-0.3, -0.25) is 10.2 Å². The van der Waals surface area contributed by atoms with E-state index in [1.165, 1.54) is 14.2 Å². The van der Waals surface area contributed by atoms with Gasteiger partial charge in [-0.25, -0.2) is 5.84 Å². The van der Waals surface area contributed by atoms with Crippen LogP contribution in [0.2, 0.25) is 0 Å². The predicted molar refractivity (Wildman–Crippen MR) is 62.1 cm³/mol. The lowest BCUT2D eigenvalue weighted by molar-refractivity contribution is -0.123. The van der Waals surface area contributed by atoms with Crippen LogP contribution in [-0.4, -0.2) is 26.7 Å². The van der Waals surface area contributed by atoms with Gasteiger partial charge in [0.1, 0.15) is 0 Å². The summed E-state index contributed by atoms with van der Waals surface area (Å²) in [6, 6.07) is 3.58. The van der Waals surface area contributed by atoms with E-state index in [2.05, 4.69) is 0 Å². The molecule has 1 amide bonds. The fourth-order valence-electron chi connectivity index (χ4n) is 1.33. The van der Waals surface area contributed by atoms with Gasteiger partial charge in [-0.15, -0.1) is 0 Å². The normalized spacial score (nSPS) is 9.65. The van der Waals surface area contributed by atoms with E-state index in [0.717, 1.165) is 5.56 Å². The van der Waals surface area contributed by atoms with Gasteiger partial charge in [0.15, 0.2) is 18.1 Å². The number of hydrogen-bond donors (Lipinski definition) is 2. The Labute approximate surface area is 99.6 Å². The second-order valence-electron chi connectivity index (χ2n) is 3.35. The molecule has 0 aliphatic rings. The third-order valence-corrected chi connectivity index (χ3v) is 2.11. The van der Waals surface area contributed by atoms with Gasteiger partial charge < -0.3 is 14.2 Å². The van der Waals surface area contributed by atoms with Crippen molar-refractivity contribution in [3.05, 3.63) is 17.7 Å². The van der Waals surface area contributed by atoms with Gasteiger partial charge in [-0.1, -0.05) is 0 Å². The first-order valence-electron chi connectivity index (χ1n) is 4.97. The molecule has 94 valence electrons. The van der Waals surface area contributed by atoms with E-state index in [1.807, 2.05) is 12.3 Å². The lowest BCUT2D eigenvalue weighted by atomic mass is 10.2. The number of ether oxygens (including phenoxy) is 3. The van der Waals surface area contributed by atoms with E-state index in [-0.39, 0.29) is 6.61 Å². The molecule has 6 heteroatoms. The van der Waals surface area contributed by atoms with E-state index < -0.39 is 5.91 Å². The Hall–Kier alpha value is -1.95. The summed E-state index contributed by atoms with van der Waals surface area (Å²) in [6.07, 6.45) is 0. The number of amides is 1. The fraction of sp³-hybridized carbons (Fsp3) is 0.364. The molecule has 0 aliphatic carbocycles. The SMILES string of the molecule is COc1cc(C)cc(OC)c1OCC(=O)NN. The van der Waals surface area contributed by atoms with Crippen molar-refractivity contribution < 1.29 is 19.0 Å². The lowest BCUT2D eigenvalue weighted by Crippen LogP contribution is -2.34. The van der Waals surface area contributed by atoms with Crippen LogP contribution in [-0.2, 0) is 4.79 Å². The third kappa shape index (κ3) is 3.25. The third-order valence-electron chi connectivity index (χ3n) is 2.11. The van der Waals surface area contributed by atoms with Gasteiger partial charge in [0, 0.05) is 0 Å². The van der Waals surface area contributed by atoms with Crippen LogP contribution < -0.4 is 25.5 Å². The van der Waals surface area contributed by atoms with E-state index in [0.29, 0.717) is 17.2 Å². The van der Waals surface area contributed by atoms with Crippen molar-refractivity contribution in [3.63, 3.8) is 0 Å². The van der Waals surface area contributed by atoms with Gasteiger partial charge in [-0.05, 0) is 24.6 Å². The van der Waals surface area contributed by atoms with Gasteiger partial charge >= 0.3 is 0 Å². The highest BCUT2D eigenvalue weighted by Gasteiger charge is 2.14. The van der Waals surface area contributed by atoms with Crippen LogP contribution in [0.25, 0.3) is 0 Å². The highest BCUT2D eigenvalue weighted by Crippen LogP contribution is 2.38. The smallest absolute Gasteiger partial charge is 0.271 e. The van der Waals surface area contributed by atoms with Gasteiger partial charge in [0.25, 0.3) is 5.91 Å². The minimum Gasteiger partial charge on any atom is -0.493 e. The van der Waals surface area contributed by atoms with E-state index in [9.17, 15) is 4.79 Å². The number of nitrogens with one attached hydrogen (secondary N) is 1. The average Bonchev–Trinajstić information content (AvgIpc) is 2.35. The molecule has 0 radical (unpaired) electrons. The zero-order valence-corrected chi connectivity index (χ0v) is 10.1. The highest BCUT2D eigenvalue weighted by molar-refractivity contribution is 5.77. The Morgan fingerprint density at radius 1 is 1.29 bits per heavy atom. The van der Waals surface area contributed by atoms with Gasteiger partial charge in [0.2, 0.25) is 5.75 Å². The Kier molecular flexibility index (Phi) is 4.59. The van der Waals surface area contributed by atoms with Crippen LogP contribution in [0.1, 0.15) is 5.56 Å². The van der Waals surface area contributed by atoms with Crippen LogP contribution >= 0.6 is 0 Å². The summed E-state index contributed by atoms with van der Waals surface area (Å²) >= 11 is 0. The molecule has 0 spiro atoms. The zero-order valence-electron chi connectivity index (χ0n) is 10.1. The first-order valence-corrected chi connectivity index (χ1v) is 4.97. The quantitative estimate of drug-likeness (QED) is 0.441. The Morgan fingerprint density at radius 3 is 2.24 bits per heavy atom. The molecule has 0 fully saturated rings. The summed E-state index contributed by atoms with van der Waals surface area (Å²) in [4.78, 5) is 11.0. The van der Waals surface area contributed by atoms with Crippen LogP contribution in [0.3, 0.4) is 0 Å². The molecular weight excluding hydrogens is 224 g/mol. The lowest BCUT2D eigenvalue weighted by Gasteiger charge is -2.14. The van der Waals surface area contributed by atoms with Gasteiger partial charge in [0.05, 0.1) is 14.2 Å². The Bertz CT molecular complexity index is 381. The van der Waals surface area contributed by atoms with Crippen molar-refractivity contribution in [2.45, 2.75) is 6.92 Å². The number of methoxy groups -OCH3 is 2. The number of rotatable bonds is 5. The van der Waals surface area contributed by atoms with Crippen molar-refractivity contribution in [1.82, 2.24) is 5.43 Å². The summed E-state index contributed by atoms with van der Waals surface area (Å²) in [5, 5.41) is 0. The van der Waals surface area contributed by atoms with Crippen molar-refractivity contribution in [1.29, 1.82) is 0 Å². The van der Waals surface area contributed by atoms with Crippen molar-refractivity contribution in [3.8, 4) is 17.2 Å². The molecule has 0 saturated carbocycles. The number of carbonyl (C=O) groups is 1. The Morgan fingerprint density at radius 2 is 1.82 bits per heavy atom. The minimum atomic E-state index is -0.435. The molecule has 1 aromatic rings. The summed E-state index contributed by atoms with van der Waals surface area (Å²) in [5.41, 5.74) is 2.94. The van der Waals surface area contributed by atoms with E-state index in [1.54, 1.807) is 12.1 Å². The highest BCUT2D eigenvalue weighted by atomic mass is 16.5. The number of hydrazine groups is 1. The molecular formula is C11H16N2O4. The van der Waals surface area contributed by atoms with Crippen molar-refractivity contribution in [2.75, 3.05) is 20.8 Å². The molecule has 0 unspecified atom stereocenters. The summed E-state index contributed by atoms with van der Waals surface area (Å²) in [5.74, 6) is 5.92. The molecule has 0 saturated heterocycles. The maximum atomic E-state index is 11.0. The number of carbonyl (C=O) groups excluding carboxylic acids is 1. The average molecular weight is 240 g/mol. The monoisotopic (exact) mass is 240 g/mol. The molecule has 1 aromatic carbocycles. The topological polar surface area (TPSA) is 82.8 Å². The molecule has 0 atom stereocenters. The van der Waals surface area contributed by atoms with E-state index >= 15 is 0 Å². The molecule has 6 nitrogen and oxygen atoms in total. The number of hydrogen-bond acceptors (Lipinski definition) is 5. The first-order chi connectivity index (χ1) is 8.12. The summed E-state index contributed by atoms with van der Waals surface area (Å²) in [7, 11) is 3.04. The molecule has 0 aliphatic heterocycles. The first kappa shape index (κ1) is 13.1. The molecule has 0 bridgehead atoms. The maximum absolute atomic E-state index is 11.0. The van der Waals surface area contributed by atoms with Crippen LogP contribution in [0.5, 0.6) is 17.2 Å². The van der Waals surface area contributed by atoms with Crippen molar-refractivity contribution >= 4 is 5.91 Å². The van der Waals surface area contributed by atoms with E-state index in [4.69, 9.17) is 20.1 Å². The predicted octanol–water partition coefficient (Wildman–Crippen LogP) is 0.381. The largest absolute Gasteiger partial charge is 0.493 e. The zero-order chi connectivity index (χ0) is 12.8. The molecule has 3 N–H and O–H groups in total. The number of nitrogens with two attached hydrogens (primary N) is 1.